The molecule has 0 saturated carbocycles. The van der Waals surface area contributed by atoms with Crippen molar-refractivity contribution in [3.63, 3.8) is 0 Å². The molecule has 0 unspecified atom stereocenters. The van der Waals surface area contributed by atoms with Crippen molar-refractivity contribution in [3.8, 4) is 17.2 Å². The molecular weight excluding hydrogens is 325 g/mol. The van der Waals surface area contributed by atoms with Crippen LogP contribution in [0.25, 0.3) is 11.5 Å². The Labute approximate surface area is 143 Å². The molecule has 1 amide bonds. The monoisotopic (exact) mass is 341 g/mol. The fraction of sp³-hybridized carbons (Fsp3) is 0.167. The number of rotatable bonds is 7. The van der Waals surface area contributed by atoms with Gasteiger partial charge >= 0.3 is 0 Å². The van der Waals surface area contributed by atoms with Crippen LogP contribution in [0.5, 0.6) is 5.75 Å². The smallest absolute Gasteiger partial charge is 0.257 e. The SMILES string of the molecule is O=C(COc1ccccc1)NCCc1nnc(-c2ccccc2F)o1. The van der Waals surface area contributed by atoms with Crippen molar-refractivity contribution in [2.45, 2.75) is 6.42 Å². The van der Waals surface area contributed by atoms with Gasteiger partial charge in [0.25, 0.3) is 11.8 Å². The van der Waals surface area contributed by atoms with Gasteiger partial charge in [-0.3, -0.25) is 4.79 Å². The van der Waals surface area contributed by atoms with E-state index in [9.17, 15) is 9.18 Å². The highest BCUT2D eigenvalue weighted by molar-refractivity contribution is 5.77. The maximum Gasteiger partial charge on any atom is 0.257 e. The van der Waals surface area contributed by atoms with E-state index < -0.39 is 5.82 Å². The van der Waals surface area contributed by atoms with Crippen LogP contribution in [0.4, 0.5) is 4.39 Å². The minimum atomic E-state index is -0.427. The summed E-state index contributed by atoms with van der Waals surface area (Å²) in [4.78, 5) is 11.7. The Morgan fingerprint density at radius 2 is 1.84 bits per heavy atom. The molecule has 1 aromatic heterocycles. The third-order valence-electron chi connectivity index (χ3n) is 3.35. The first-order valence-electron chi connectivity index (χ1n) is 7.74. The first kappa shape index (κ1) is 16.6. The van der Waals surface area contributed by atoms with Crippen LogP contribution in [0.3, 0.4) is 0 Å². The molecule has 1 heterocycles. The number of para-hydroxylation sites is 1. The zero-order valence-electron chi connectivity index (χ0n) is 13.3. The molecule has 0 aliphatic carbocycles. The Morgan fingerprint density at radius 3 is 2.64 bits per heavy atom. The molecule has 0 radical (unpaired) electrons. The lowest BCUT2D eigenvalue weighted by atomic mass is 10.2. The second-order valence-electron chi connectivity index (χ2n) is 5.18. The predicted octanol–water partition coefficient (Wildman–Crippen LogP) is 2.61. The van der Waals surface area contributed by atoms with Gasteiger partial charge in [-0.2, -0.15) is 0 Å². The van der Waals surface area contributed by atoms with Crippen LogP contribution < -0.4 is 10.1 Å². The first-order chi connectivity index (χ1) is 12.2. The van der Waals surface area contributed by atoms with Gasteiger partial charge in [0.05, 0.1) is 5.56 Å². The van der Waals surface area contributed by atoms with Crippen molar-refractivity contribution >= 4 is 5.91 Å². The number of nitrogens with one attached hydrogen (secondary N) is 1. The topological polar surface area (TPSA) is 77.2 Å². The Morgan fingerprint density at radius 1 is 1.08 bits per heavy atom. The molecule has 3 aromatic rings. The summed E-state index contributed by atoms with van der Waals surface area (Å²) in [7, 11) is 0. The van der Waals surface area contributed by atoms with Crippen molar-refractivity contribution in [1.82, 2.24) is 15.5 Å². The van der Waals surface area contributed by atoms with Crippen molar-refractivity contribution in [2.75, 3.05) is 13.2 Å². The molecule has 0 aliphatic heterocycles. The lowest BCUT2D eigenvalue weighted by Crippen LogP contribution is -2.30. The van der Waals surface area contributed by atoms with Crippen molar-refractivity contribution in [1.29, 1.82) is 0 Å². The second kappa shape index (κ2) is 8.05. The van der Waals surface area contributed by atoms with E-state index >= 15 is 0 Å². The van der Waals surface area contributed by atoms with Gasteiger partial charge in [0.1, 0.15) is 11.6 Å². The number of carbonyl (C=O) groups is 1. The van der Waals surface area contributed by atoms with E-state index in [1.807, 2.05) is 18.2 Å². The van der Waals surface area contributed by atoms with Gasteiger partial charge in [0, 0.05) is 13.0 Å². The van der Waals surface area contributed by atoms with Gasteiger partial charge in [-0.25, -0.2) is 4.39 Å². The van der Waals surface area contributed by atoms with Crippen molar-refractivity contribution in [2.24, 2.45) is 0 Å². The minimum absolute atomic E-state index is 0.0751. The number of carbonyl (C=O) groups excluding carboxylic acids is 1. The van der Waals surface area contributed by atoms with Crippen LogP contribution in [-0.2, 0) is 11.2 Å². The molecular formula is C18H16FN3O3. The number of benzene rings is 2. The van der Waals surface area contributed by atoms with Gasteiger partial charge < -0.3 is 14.5 Å². The predicted molar refractivity (Wildman–Crippen MR) is 88.3 cm³/mol. The van der Waals surface area contributed by atoms with Gasteiger partial charge in [-0.15, -0.1) is 10.2 Å². The fourth-order valence-corrected chi connectivity index (χ4v) is 2.12. The number of nitrogens with zero attached hydrogens (tertiary/aromatic N) is 2. The number of aromatic nitrogens is 2. The van der Waals surface area contributed by atoms with Crippen LogP contribution in [0, 0.1) is 5.82 Å². The molecule has 128 valence electrons. The zero-order valence-corrected chi connectivity index (χ0v) is 13.3. The summed E-state index contributed by atoms with van der Waals surface area (Å²) >= 11 is 0. The summed E-state index contributed by atoms with van der Waals surface area (Å²) < 4.78 is 24.4. The number of ether oxygens (including phenoxy) is 1. The van der Waals surface area contributed by atoms with Crippen LogP contribution in [0.1, 0.15) is 5.89 Å². The summed E-state index contributed by atoms with van der Waals surface area (Å²) in [5.74, 6) is 0.389. The number of hydrogen-bond acceptors (Lipinski definition) is 5. The highest BCUT2D eigenvalue weighted by atomic mass is 19.1. The highest BCUT2D eigenvalue weighted by Crippen LogP contribution is 2.20. The lowest BCUT2D eigenvalue weighted by Gasteiger charge is -2.06. The van der Waals surface area contributed by atoms with E-state index in [0.717, 1.165) is 0 Å². The van der Waals surface area contributed by atoms with Crippen LogP contribution in [0.15, 0.2) is 59.0 Å². The van der Waals surface area contributed by atoms with E-state index in [0.29, 0.717) is 24.6 Å². The molecule has 3 rings (SSSR count). The molecule has 0 atom stereocenters. The third kappa shape index (κ3) is 4.63. The van der Waals surface area contributed by atoms with Gasteiger partial charge in [0.15, 0.2) is 6.61 Å². The summed E-state index contributed by atoms with van der Waals surface area (Å²) in [5.41, 5.74) is 0.251. The maximum absolute atomic E-state index is 13.7. The molecule has 25 heavy (non-hydrogen) atoms. The highest BCUT2D eigenvalue weighted by Gasteiger charge is 2.12. The molecule has 0 aliphatic rings. The van der Waals surface area contributed by atoms with E-state index in [-0.39, 0.29) is 24.0 Å². The summed E-state index contributed by atoms with van der Waals surface area (Å²) in [6.45, 7) is 0.240. The Kier molecular flexibility index (Phi) is 5.36. The summed E-state index contributed by atoms with van der Waals surface area (Å²) in [6.07, 6.45) is 0.346. The van der Waals surface area contributed by atoms with E-state index in [4.69, 9.17) is 9.15 Å². The second-order valence-corrected chi connectivity index (χ2v) is 5.18. The normalized spacial score (nSPS) is 10.4. The van der Waals surface area contributed by atoms with Crippen LogP contribution >= 0.6 is 0 Å². The first-order valence-corrected chi connectivity index (χ1v) is 7.74. The third-order valence-corrected chi connectivity index (χ3v) is 3.35. The maximum atomic E-state index is 13.7. The molecule has 0 saturated heterocycles. The molecule has 1 N–H and O–H groups in total. The Bertz CT molecular complexity index is 836. The van der Waals surface area contributed by atoms with Crippen molar-refractivity contribution in [3.05, 3.63) is 66.3 Å². The molecule has 6 nitrogen and oxygen atoms in total. The van der Waals surface area contributed by atoms with E-state index in [1.54, 1.807) is 30.3 Å². The minimum Gasteiger partial charge on any atom is -0.484 e. The summed E-state index contributed by atoms with van der Waals surface area (Å²) in [6, 6.07) is 15.2. The summed E-state index contributed by atoms with van der Waals surface area (Å²) in [5, 5.41) is 10.4. The Hall–Kier alpha value is -3.22. The Balaban J connectivity index is 1.45. The standard InChI is InChI=1S/C18H16FN3O3/c19-15-9-5-4-8-14(15)18-22-21-17(25-18)10-11-20-16(23)12-24-13-6-2-1-3-7-13/h1-9H,10-12H2,(H,20,23). The van der Waals surface area contributed by atoms with Crippen molar-refractivity contribution < 1.29 is 18.3 Å². The molecule has 0 fully saturated rings. The lowest BCUT2D eigenvalue weighted by molar-refractivity contribution is -0.123. The number of amides is 1. The number of hydrogen-bond donors (Lipinski definition) is 1. The average molecular weight is 341 g/mol. The van der Waals surface area contributed by atoms with Crippen LogP contribution in [-0.4, -0.2) is 29.3 Å². The fourth-order valence-electron chi connectivity index (χ4n) is 2.12. The van der Waals surface area contributed by atoms with Gasteiger partial charge in [-0.05, 0) is 24.3 Å². The van der Waals surface area contributed by atoms with Gasteiger partial charge in [-0.1, -0.05) is 30.3 Å². The van der Waals surface area contributed by atoms with E-state index in [1.165, 1.54) is 6.07 Å². The quantitative estimate of drug-likeness (QED) is 0.715. The van der Waals surface area contributed by atoms with E-state index in [2.05, 4.69) is 15.5 Å². The molecule has 2 aromatic carbocycles. The zero-order chi connectivity index (χ0) is 17.5. The van der Waals surface area contributed by atoms with Crippen LogP contribution in [0.2, 0.25) is 0 Å². The molecule has 7 heteroatoms. The van der Waals surface area contributed by atoms with Gasteiger partial charge in [0.2, 0.25) is 5.89 Å². The number of halogens is 1. The largest absolute Gasteiger partial charge is 0.484 e. The molecule has 0 spiro atoms. The molecule has 0 bridgehead atoms. The average Bonchev–Trinajstić information content (AvgIpc) is 3.10.